The maximum Gasteiger partial charge on any atom is 0.251 e. The molecule has 1 amide bonds. The molecule has 3 aromatic rings. The molecule has 1 unspecified atom stereocenters. The Morgan fingerprint density at radius 3 is 2.67 bits per heavy atom. The first-order valence-corrected chi connectivity index (χ1v) is 12.0. The fraction of sp³-hybridized carbons (Fsp3) is 0.296. The molecule has 170 valence electrons. The second kappa shape index (κ2) is 9.29. The van der Waals surface area contributed by atoms with E-state index in [-0.39, 0.29) is 5.91 Å². The van der Waals surface area contributed by atoms with Gasteiger partial charge in [-0.1, -0.05) is 52.3 Å². The maximum absolute atomic E-state index is 13.3. The summed E-state index contributed by atoms with van der Waals surface area (Å²) in [5, 5.41) is 3.27. The van der Waals surface area contributed by atoms with Gasteiger partial charge in [-0.15, -0.1) is 0 Å². The monoisotopic (exact) mass is 507 g/mol. The minimum absolute atomic E-state index is 0.123. The van der Waals surface area contributed by atoms with Crippen LogP contribution in [0.4, 0.5) is 0 Å². The van der Waals surface area contributed by atoms with Gasteiger partial charge in [0.05, 0.1) is 24.3 Å². The van der Waals surface area contributed by atoms with E-state index < -0.39 is 11.8 Å². The Bertz CT molecular complexity index is 1160. The van der Waals surface area contributed by atoms with Crippen LogP contribution < -0.4 is 10.1 Å². The Hall–Kier alpha value is -2.67. The van der Waals surface area contributed by atoms with Crippen LogP contribution in [0, 0.1) is 0 Å². The highest BCUT2D eigenvalue weighted by atomic mass is 79.9. The Labute approximate surface area is 202 Å². The van der Waals surface area contributed by atoms with Gasteiger partial charge >= 0.3 is 0 Å². The van der Waals surface area contributed by atoms with Crippen LogP contribution in [0.25, 0.3) is 0 Å². The molecule has 0 aromatic heterocycles. The number of carbonyl (C=O) groups excluding carboxylic acids is 1. The molecule has 5 nitrogen and oxygen atoms in total. The highest BCUT2D eigenvalue weighted by Crippen LogP contribution is 2.38. The van der Waals surface area contributed by atoms with Crippen molar-refractivity contribution in [3.05, 3.63) is 99.0 Å². The number of aryl methyl sites for hydroxylation is 1. The summed E-state index contributed by atoms with van der Waals surface area (Å²) < 4.78 is 18.6. The second-order valence-electron chi connectivity index (χ2n) is 8.69. The van der Waals surface area contributed by atoms with Gasteiger partial charge in [-0.2, -0.15) is 0 Å². The standard InChI is InChI=1S/C27H26BrNO4/c1-27(12-11-19-15-21(28)8-9-23(19)27)29-25(30)20-7-10-24(22(16-20)26-31-13-14-32-26)33-17-18-5-3-2-4-6-18/h2-10,15-16,26H,11-14,17H2,1H3,(H,29,30). The molecule has 0 spiro atoms. The Kier molecular flexibility index (Phi) is 6.23. The molecule has 33 heavy (non-hydrogen) atoms. The van der Waals surface area contributed by atoms with Gasteiger partial charge in [-0.3, -0.25) is 4.79 Å². The number of ether oxygens (including phenoxy) is 3. The average molecular weight is 508 g/mol. The van der Waals surface area contributed by atoms with E-state index in [4.69, 9.17) is 14.2 Å². The summed E-state index contributed by atoms with van der Waals surface area (Å²) in [4.78, 5) is 13.3. The van der Waals surface area contributed by atoms with E-state index in [0.717, 1.165) is 28.4 Å². The van der Waals surface area contributed by atoms with Crippen molar-refractivity contribution in [1.82, 2.24) is 5.32 Å². The largest absolute Gasteiger partial charge is 0.488 e. The van der Waals surface area contributed by atoms with Crippen LogP contribution in [0.1, 0.15) is 52.2 Å². The van der Waals surface area contributed by atoms with Gasteiger partial charge in [0.15, 0.2) is 6.29 Å². The van der Waals surface area contributed by atoms with Crippen molar-refractivity contribution in [2.45, 2.75) is 38.2 Å². The molecule has 1 heterocycles. The zero-order valence-corrected chi connectivity index (χ0v) is 20.1. The SMILES string of the molecule is CC1(NC(=O)c2ccc(OCc3ccccc3)c(C3OCCO3)c2)CCc2cc(Br)ccc21. The number of halogens is 1. The summed E-state index contributed by atoms with van der Waals surface area (Å²) in [6, 6.07) is 21.7. The van der Waals surface area contributed by atoms with Crippen molar-refractivity contribution < 1.29 is 19.0 Å². The molecule has 1 aliphatic carbocycles. The van der Waals surface area contributed by atoms with E-state index >= 15 is 0 Å². The third-order valence-corrected chi connectivity index (χ3v) is 6.82. The smallest absolute Gasteiger partial charge is 0.251 e. The topological polar surface area (TPSA) is 56.8 Å². The zero-order chi connectivity index (χ0) is 22.8. The number of fused-ring (bicyclic) bond motifs is 1. The van der Waals surface area contributed by atoms with E-state index in [1.807, 2.05) is 48.5 Å². The van der Waals surface area contributed by atoms with Gasteiger partial charge in [-0.25, -0.2) is 0 Å². The number of rotatable bonds is 6. The number of hydrogen-bond donors (Lipinski definition) is 1. The molecular formula is C27H26BrNO4. The molecule has 6 heteroatoms. The fourth-order valence-electron chi connectivity index (χ4n) is 4.56. The maximum atomic E-state index is 13.3. The summed E-state index contributed by atoms with van der Waals surface area (Å²) in [5.41, 5.74) is 4.39. The Balaban J connectivity index is 1.38. The molecule has 5 rings (SSSR count). The van der Waals surface area contributed by atoms with Crippen LogP contribution in [0.3, 0.4) is 0 Å². The van der Waals surface area contributed by atoms with Gasteiger partial charge < -0.3 is 19.5 Å². The van der Waals surface area contributed by atoms with E-state index in [1.54, 1.807) is 6.07 Å². The number of benzene rings is 3. The molecule has 1 fully saturated rings. The number of nitrogens with one attached hydrogen (secondary N) is 1. The number of amides is 1. The quantitative estimate of drug-likeness (QED) is 0.467. The third-order valence-electron chi connectivity index (χ3n) is 6.33. The molecule has 1 atom stereocenters. The van der Waals surface area contributed by atoms with E-state index in [9.17, 15) is 4.79 Å². The van der Waals surface area contributed by atoms with Crippen molar-refractivity contribution in [3.63, 3.8) is 0 Å². The minimum atomic E-state index is -0.538. The van der Waals surface area contributed by atoms with Crippen LogP contribution in [-0.4, -0.2) is 19.1 Å². The van der Waals surface area contributed by atoms with Crippen LogP contribution in [0.5, 0.6) is 5.75 Å². The summed E-state index contributed by atoms with van der Waals surface area (Å²) in [7, 11) is 0. The molecule has 3 aromatic carbocycles. The van der Waals surface area contributed by atoms with E-state index in [1.165, 1.54) is 11.1 Å². The molecule has 0 radical (unpaired) electrons. The van der Waals surface area contributed by atoms with Crippen molar-refractivity contribution >= 4 is 21.8 Å². The van der Waals surface area contributed by atoms with Gasteiger partial charge in [0.1, 0.15) is 12.4 Å². The van der Waals surface area contributed by atoms with E-state index in [2.05, 4.69) is 40.3 Å². The highest BCUT2D eigenvalue weighted by Gasteiger charge is 2.36. The molecule has 1 saturated heterocycles. The highest BCUT2D eigenvalue weighted by molar-refractivity contribution is 9.10. The summed E-state index contributed by atoms with van der Waals surface area (Å²) in [5.74, 6) is 0.534. The van der Waals surface area contributed by atoms with Crippen molar-refractivity contribution in [2.24, 2.45) is 0 Å². The molecule has 1 aliphatic heterocycles. The predicted molar refractivity (Wildman–Crippen MR) is 129 cm³/mol. The Morgan fingerprint density at radius 1 is 1.09 bits per heavy atom. The van der Waals surface area contributed by atoms with Crippen molar-refractivity contribution in [3.8, 4) is 5.75 Å². The summed E-state index contributed by atoms with van der Waals surface area (Å²) in [6.45, 7) is 3.55. The van der Waals surface area contributed by atoms with Gasteiger partial charge in [0.2, 0.25) is 0 Å². The summed E-state index contributed by atoms with van der Waals surface area (Å²) in [6.07, 6.45) is 1.26. The molecular weight excluding hydrogens is 482 g/mol. The van der Waals surface area contributed by atoms with Crippen molar-refractivity contribution in [2.75, 3.05) is 13.2 Å². The fourth-order valence-corrected chi connectivity index (χ4v) is 4.97. The van der Waals surface area contributed by atoms with Crippen LogP contribution >= 0.6 is 15.9 Å². The first kappa shape index (κ1) is 22.1. The number of hydrogen-bond acceptors (Lipinski definition) is 4. The minimum Gasteiger partial charge on any atom is -0.488 e. The van der Waals surface area contributed by atoms with Crippen LogP contribution in [0.15, 0.2) is 71.2 Å². The van der Waals surface area contributed by atoms with Crippen molar-refractivity contribution in [1.29, 1.82) is 0 Å². The van der Waals surface area contributed by atoms with Gasteiger partial charge in [-0.05, 0) is 66.8 Å². The summed E-state index contributed by atoms with van der Waals surface area (Å²) >= 11 is 3.54. The normalized spacial score (nSPS) is 19.9. The molecule has 1 N–H and O–H groups in total. The van der Waals surface area contributed by atoms with E-state index in [0.29, 0.717) is 31.1 Å². The molecule has 0 saturated carbocycles. The lowest BCUT2D eigenvalue weighted by Gasteiger charge is -2.27. The van der Waals surface area contributed by atoms with Crippen LogP contribution in [0.2, 0.25) is 0 Å². The third kappa shape index (κ3) is 4.69. The lowest BCUT2D eigenvalue weighted by molar-refractivity contribution is -0.0459. The lowest BCUT2D eigenvalue weighted by Crippen LogP contribution is -2.41. The second-order valence-corrected chi connectivity index (χ2v) is 9.60. The molecule has 2 aliphatic rings. The number of carbonyl (C=O) groups is 1. The average Bonchev–Trinajstić information content (AvgIpc) is 3.47. The van der Waals surface area contributed by atoms with Crippen LogP contribution in [-0.2, 0) is 28.0 Å². The predicted octanol–water partition coefficient (Wildman–Crippen LogP) is 5.66. The Morgan fingerprint density at radius 2 is 1.88 bits per heavy atom. The lowest BCUT2D eigenvalue weighted by atomic mass is 9.93. The van der Waals surface area contributed by atoms with Gasteiger partial charge in [0.25, 0.3) is 5.91 Å². The first-order chi connectivity index (χ1) is 16.0. The van der Waals surface area contributed by atoms with Gasteiger partial charge in [0, 0.05) is 10.0 Å². The first-order valence-electron chi connectivity index (χ1n) is 11.2. The zero-order valence-electron chi connectivity index (χ0n) is 18.5. The molecule has 0 bridgehead atoms.